The number of halogens is 1. The molecule has 3 heterocycles. The maximum absolute atomic E-state index is 12.5. The molecule has 0 spiro atoms. The normalized spacial score (nSPS) is 10.7. The molecule has 4 aromatic rings. The largest absolute Gasteiger partial charge is 0.382 e. The molecule has 3 aromatic heterocycles. The second kappa shape index (κ2) is 8.13. The van der Waals surface area contributed by atoms with E-state index < -0.39 is 5.91 Å². The Morgan fingerprint density at radius 2 is 2.13 bits per heavy atom. The molecule has 4 N–H and O–H groups in total. The molecule has 0 saturated heterocycles. The monoisotopic (exact) mass is 421 g/mol. The van der Waals surface area contributed by atoms with E-state index in [2.05, 4.69) is 42.5 Å². The van der Waals surface area contributed by atoms with E-state index in [1.54, 1.807) is 24.3 Å². The molecular weight excluding hydrogens is 406 g/mol. The molecule has 0 fully saturated rings. The van der Waals surface area contributed by atoms with Gasteiger partial charge in [0.2, 0.25) is 0 Å². The number of rotatable bonds is 6. The lowest BCUT2D eigenvalue weighted by Gasteiger charge is -2.08. The zero-order valence-electron chi connectivity index (χ0n) is 15.6. The summed E-state index contributed by atoms with van der Waals surface area (Å²) in [6, 6.07) is 10.8. The standard InChI is InChI=1S/C19H16ClN9O/c1-2-12-9-22-18(21)17(25-12)19(30)23-10-16-27-26-15-7-6-14(28-29(15)16)24-13-5-3-4-11(20)8-13/h2-9H,1,10H2,(H2,21,22)(H,23,30)(H,24,28). The fourth-order valence-corrected chi connectivity index (χ4v) is 2.84. The van der Waals surface area contributed by atoms with E-state index >= 15 is 0 Å². The van der Waals surface area contributed by atoms with Gasteiger partial charge >= 0.3 is 0 Å². The first kappa shape index (κ1) is 19.3. The first-order chi connectivity index (χ1) is 14.5. The number of fused-ring (bicyclic) bond motifs is 1. The minimum atomic E-state index is -0.492. The van der Waals surface area contributed by atoms with Crippen molar-refractivity contribution < 1.29 is 4.79 Å². The van der Waals surface area contributed by atoms with Crippen LogP contribution in [0.15, 0.2) is 49.2 Å². The lowest BCUT2D eigenvalue weighted by molar-refractivity contribution is 0.0945. The third-order valence-corrected chi connectivity index (χ3v) is 4.31. The number of aromatic nitrogens is 6. The third kappa shape index (κ3) is 4.03. The van der Waals surface area contributed by atoms with Gasteiger partial charge in [-0.2, -0.15) is 4.52 Å². The van der Waals surface area contributed by atoms with Crippen molar-refractivity contribution >= 4 is 46.6 Å². The Kier molecular flexibility index (Phi) is 5.22. The first-order valence-electron chi connectivity index (χ1n) is 8.80. The minimum Gasteiger partial charge on any atom is -0.382 e. The van der Waals surface area contributed by atoms with Crippen molar-refractivity contribution in [1.82, 2.24) is 35.1 Å². The molecule has 0 aliphatic carbocycles. The predicted octanol–water partition coefficient (Wildman–Crippen LogP) is 2.47. The number of carbonyl (C=O) groups is 1. The summed E-state index contributed by atoms with van der Waals surface area (Å²) in [4.78, 5) is 20.5. The second-order valence-electron chi connectivity index (χ2n) is 6.16. The van der Waals surface area contributed by atoms with Gasteiger partial charge in [-0.25, -0.2) is 9.97 Å². The number of anilines is 3. The fourth-order valence-electron chi connectivity index (χ4n) is 2.64. The maximum atomic E-state index is 12.5. The zero-order chi connectivity index (χ0) is 21.1. The lowest BCUT2D eigenvalue weighted by atomic mass is 10.3. The van der Waals surface area contributed by atoms with Crippen LogP contribution in [0.5, 0.6) is 0 Å². The van der Waals surface area contributed by atoms with Crippen molar-refractivity contribution in [2.45, 2.75) is 6.54 Å². The molecule has 30 heavy (non-hydrogen) atoms. The van der Waals surface area contributed by atoms with Gasteiger partial charge in [-0.1, -0.05) is 24.2 Å². The lowest BCUT2D eigenvalue weighted by Crippen LogP contribution is -2.26. The third-order valence-electron chi connectivity index (χ3n) is 4.08. The SMILES string of the molecule is C=Cc1cnc(N)c(C(=O)NCc2nnc3ccc(Nc4cccc(Cl)c4)nn23)n1. The van der Waals surface area contributed by atoms with E-state index in [0.29, 0.717) is 28.0 Å². The number of nitrogens with zero attached hydrogens (tertiary/aromatic N) is 6. The number of nitrogens with two attached hydrogens (primary N) is 1. The van der Waals surface area contributed by atoms with Crippen LogP contribution in [0.3, 0.4) is 0 Å². The fraction of sp³-hybridized carbons (Fsp3) is 0.0526. The van der Waals surface area contributed by atoms with E-state index in [-0.39, 0.29) is 18.1 Å². The van der Waals surface area contributed by atoms with Gasteiger partial charge in [0, 0.05) is 10.7 Å². The molecule has 1 amide bonds. The van der Waals surface area contributed by atoms with Gasteiger partial charge in [0.1, 0.15) is 0 Å². The number of nitrogen functional groups attached to an aromatic ring is 1. The van der Waals surface area contributed by atoms with Crippen molar-refractivity contribution in [2.75, 3.05) is 11.1 Å². The van der Waals surface area contributed by atoms with E-state index in [9.17, 15) is 4.79 Å². The predicted molar refractivity (Wildman–Crippen MR) is 113 cm³/mol. The van der Waals surface area contributed by atoms with Crippen LogP contribution in [0.25, 0.3) is 11.7 Å². The molecule has 0 bridgehead atoms. The quantitative estimate of drug-likeness (QED) is 0.432. The van der Waals surface area contributed by atoms with Gasteiger partial charge < -0.3 is 16.4 Å². The molecule has 150 valence electrons. The van der Waals surface area contributed by atoms with Crippen molar-refractivity contribution in [2.24, 2.45) is 0 Å². The summed E-state index contributed by atoms with van der Waals surface area (Å²) in [7, 11) is 0. The number of carbonyl (C=O) groups excluding carboxylic acids is 1. The minimum absolute atomic E-state index is 0.0116. The van der Waals surface area contributed by atoms with E-state index in [1.165, 1.54) is 16.8 Å². The summed E-state index contributed by atoms with van der Waals surface area (Å²) in [6.45, 7) is 3.67. The highest BCUT2D eigenvalue weighted by molar-refractivity contribution is 6.30. The molecule has 0 unspecified atom stereocenters. The van der Waals surface area contributed by atoms with Gasteiger partial charge in [-0.3, -0.25) is 4.79 Å². The summed E-state index contributed by atoms with van der Waals surface area (Å²) in [6.07, 6.45) is 2.91. The Morgan fingerprint density at radius 3 is 2.93 bits per heavy atom. The molecule has 0 aliphatic rings. The van der Waals surface area contributed by atoms with Gasteiger partial charge in [0.05, 0.1) is 18.4 Å². The molecule has 0 atom stereocenters. The molecule has 0 aliphatic heterocycles. The molecule has 10 nitrogen and oxygen atoms in total. The molecular formula is C19H16ClN9O. The molecule has 11 heteroatoms. The van der Waals surface area contributed by atoms with Crippen LogP contribution in [0.1, 0.15) is 22.0 Å². The smallest absolute Gasteiger partial charge is 0.274 e. The van der Waals surface area contributed by atoms with Crippen LogP contribution >= 0.6 is 11.6 Å². The van der Waals surface area contributed by atoms with E-state index in [0.717, 1.165) is 5.69 Å². The van der Waals surface area contributed by atoms with Crippen LogP contribution in [0.2, 0.25) is 5.02 Å². The van der Waals surface area contributed by atoms with Crippen LogP contribution < -0.4 is 16.4 Å². The highest BCUT2D eigenvalue weighted by Gasteiger charge is 2.15. The number of benzene rings is 1. The summed E-state index contributed by atoms with van der Waals surface area (Å²) < 4.78 is 1.53. The summed E-state index contributed by atoms with van der Waals surface area (Å²) >= 11 is 6.02. The summed E-state index contributed by atoms with van der Waals surface area (Å²) in [5, 5.41) is 19.1. The summed E-state index contributed by atoms with van der Waals surface area (Å²) in [5.74, 6) is 0.523. The Balaban J connectivity index is 1.53. The van der Waals surface area contributed by atoms with E-state index in [1.807, 2.05) is 12.1 Å². The Morgan fingerprint density at radius 1 is 1.27 bits per heavy atom. The van der Waals surface area contributed by atoms with Crippen LogP contribution in [0, 0.1) is 0 Å². The van der Waals surface area contributed by atoms with Crippen LogP contribution in [-0.4, -0.2) is 35.7 Å². The molecule has 4 rings (SSSR count). The van der Waals surface area contributed by atoms with Crippen molar-refractivity contribution in [3.63, 3.8) is 0 Å². The number of hydrogen-bond acceptors (Lipinski definition) is 8. The Hall–Kier alpha value is -4.05. The molecule has 1 aromatic carbocycles. The van der Waals surface area contributed by atoms with Gasteiger partial charge in [0.25, 0.3) is 5.91 Å². The highest BCUT2D eigenvalue weighted by atomic mass is 35.5. The van der Waals surface area contributed by atoms with E-state index in [4.69, 9.17) is 17.3 Å². The highest BCUT2D eigenvalue weighted by Crippen LogP contribution is 2.19. The topological polar surface area (TPSA) is 136 Å². The van der Waals surface area contributed by atoms with Crippen molar-refractivity contribution in [3.8, 4) is 0 Å². The second-order valence-corrected chi connectivity index (χ2v) is 6.59. The average Bonchev–Trinajstić information content (AvgIpc) is 3.14. The molecule has 0 radical (unpaired) electrons. The van der Waals surface area contributed by atoms with Crippen LogP contribution in [0.4, 0.5) is 17.3 Å². The summed E-state index contributed by atoms with van der Waals surface area (Å²) in [5.41, 5.74) is 7.53. The van der Waals surface area contributed by atoms with Gasteiger partial charge in [-0.05, 0) is 36.4 Å². The van der Waals surface area contributed by atoms with Crippen LogP contribution in [-0.2, 0) is 6.54 Å². The molecule has 0 saturated carbocycles. The maximum Gasteiger partial charge on any atom is 0.274 e. The Labute approximate surface area is 175 Å². The zero-order valence-corrected chi connectivity index (χ0v) is 16.3. The van der Waals surface area contributed by atoms with Crippen molar-refractivity contribution in [1.29, 1.82) is 0 Å². The number of amides is 1. The average molecular weight is 422 g/mol. The van der Waals surface area contributed by atoms with Gasteiger partial charge in [0.15, 0.2) is 28.8 Å². The first-order valence-corrected chi connectivity index (χ1v) is 9.18. The Bertz CT molecular complexity index is 1250. The number of nitrogens with one attached hydrogen (secondary N) is 2. The number of hydrogen-bond donors (Lipinski definition) is 3. The van der Waals surface area contributed by atoms with Crippen molar-refractivity contribution in [3.05, 3.63) is 71.4 Å². The van der Waals surface area contributed by atoms with Gasteiger partial charge in [-0.15, -0.1) is 15.3 Å².